The lowest BCUT2D eigenvalue weighted by Crippen LogP contribution is -2.25. The first-order chi connectivity index (χ1) is 9.87. The number of rotatable bonds is 10. The lowest BCUT2D eigenvalue weighted by atomic mass is 10.1. The van der Waals surface area contributed by atoms with Crippen LogP contribution in [-0.4, -0.2) is 32.9 Å². The van der Waals surface area contributed by atoms with Gasteiger partial charge in [-0.3, -0.25) is 0 Å². The molecule has 0 fully saturated rings. The van der Waals surface area contributed by atoms with E-state index in [1.807, 2.05) is 0 Å². The van der Waals surface area contributed by atoms with Crippen LogP contribution < -0.4 is 5.32 Å². The van der Waals surface area contributed by atoms with Gasteiger partial charge in [0, 0.05) is 20.1 Å². The van der Waals surface area contributed by atoms with Gasteiger partial charge in [0.05, 0.1) is 6.54 Å². The van der Waals surface area contributed by atoms with Crippen molar-refractivity contribution in [3.8, 4) is 0 Å². The van der Waals surface area contributed by atoms with Gasteiger partial charge in [-0.05, 0) is 25.5 Å². The lowest BCUT2D eigenvalue weighted by molar-refractivity contribution is 0.376. The molecule has 21 heavy (non-hydrogen) atoms. The van der Waals surface area contributed by atoms with Gasteiger partial charge >= 0.3 is 0 Å². The van der Waals surface area contributed by atoms with Crippen molar-refractivity contribution in [1.82, 2.24) is 9.62 Å². The van der Waals surface area contributed by atoms with Crippen molar-refractivity contribution < 1.29 is 12.8 Å². The van der Waals surface area contributed by atoms with Crippen LogP contribution in [0.5, 0.6) is 0 Å². The van der Waals surface area contributed by atoms with Crippen LogP contribution in [-0.2, 0) is 16.6 Å². The summed E-state index contributed by atoms with van der Waals surface area (Å²) in [5.74, 6) is 0.649. The standard InChI is InChI=1S/C15H28N2O3S/c1-5-6-7-8-9-13(2)16-12-14-10-11-15(20-14)21(18,19)17(3)4/h10-11,13,16H,5-9,12H2,1-4H3. The summed E-state index contributed by atoms with van der Waals surface area (Å²) in [7, 11) is -0.488. The smallest absolute Gasteiger partial charge is 0.275 e. The van der Waals surface area contributed by atoms with Crippen molar-refractivity contribution in [2.45, 2.75) is 63.6 Å². The molecular weight excluding hydrogens is 288 g/mol. The summed E-state index contributed by atoms with van der Waals surface area (Å²) >= 11 is 0. The summed E-state index contributed by atoms with van der Waals surface area (Å²) < 4.78 is 30.4. The maximum Gasteiger partial charge on any atom is 0.275 e. The fraction of sp³-hybridized carbons (Fsp3) is 0.733. The topological polar surface area (TPSA) is 62.6 Å². The fourth-order valence-corrected chi connectivity index (χ4v) is 2.84. The van der Waals surface area contributed by atoms with Crippen LogP contribution in [0.25, 0.3) is 0 Å². The predicted molar refractivity (Wildman–Crippen MR) is 84.6 cm³/mol. The van der Waals surface area contributed by atoms with Gasteiger partial charge in [-0.1, -0.05) is 32.6 Å². The van der Waals surface area contributed by atoms with Crippen LogP contribution in [0.15, 0.2) is 21.6 Å². The van der Waals surface area contributed by atoms with Crippen molar-refractivity contribution in [3.05, 3.63) is 17.9 Å². The SMILES string of the molecule is CCCCCCC(C)NCc1ccc(S(=O)(=O)N(C)C)o1. The third-order valence-electron chi connectivity index (χ3n) is 3.49. The molecule has 5 nitrogen and oxygen atoms in total. The Bertz CT molecular complexity index is 509. The minimum Gasteiger partial charge on any atom is -0.447 e. The van der Waals surface area contributed by atoms with E-state index in [2.05, 4.69) is 19.2 Å². The van der Waals surface area contributed by atoms with Gasteiger partial charge in [-0.25, -0.2) is 12.7 Å². The molecule has 0 aliphatic heterocycles. The summed E-state index contributed by atoms with van der Waals surface area (Å²) in [5.41, 5.74) is 0. The van der Waals surface area contributed by atoms with Crippen molar-refractivity contribution in [2.24, 2.45) is 0 Å². The molecule has 0 aliphatic carbocycles. The molecule has 122 valence electrons. The van der Waals surface area contributed by atoms with Gasteiger partial charge in [-0.15, -0.1) is 0 Å². The number of hydrogen-bond acceptors (Lipinski definition) is 4. The van der Waals surface area contributed by atoms with Crippen LogP contribution in [0, 0.1) is 0 Å². The summed E-state index contributed by atoms with van der Waals surface area (Å²) in [6, 6.07) is 3.63. The van der Waals surface area contributed by atoms with Crippen LogP contribution in [0.4, 0.5) is 0 Å². The molecule has 0 saturated carbocycles. The number of sulfonamides is 1. The molecule has 1 atom stereocenters. The zero-order valence-corrected chi connectivity index (χ0v) is 14.4. The molecule has 1 rings (SSSR count). The number of unbranched alkanes of at least 4 members (excludes halogenated alkanes) is 3. The molecule has 0 radical (unpaired) electrons. The Morgan fingerprint density at radius 3 is 2.57 bits per heavy atom. The van der Waals surface area contributed by atoms with Crippen LogP contribution in [0.1, 0.15) is 51.7 Å². The van der Waals surface area contributed by atoms with E-state index in [-0.39, 0.29) is 5.09 Å². The lowest BCUT2D eigenvalue weighted by Gasteiger charge is -2.12. The van der Waals surface area contributed by atoms with E-state index in [0.29, 0.717) is 18.3 Å². The third kappa shape index (κ3) is 5.80. The van der Waals surface area contributed by atoms with E-state index < -0.39 is 10.0 Å². The highest BCUT2D eigenvalue weighted by Gasteiger charge is 2.21. The van der Waals surface area contributed by atoms with Crippen LogP contribution >= 0.6 is 0 Å². The zero-order valence-electron chi connectivity index (χ0n) is 13.6. The van der Waals surface area contributed by atoms with Gasteiger partial charge in [0.15, 0.2) is 0 Å². The Morgan fingerprint density at radius 1 is 1.24 bits per heavy atom. The Labute approximate surface area is 128 Å². The highest BCUT2D eigenvalue weighted by atomic mass is 32.2. The number of furan rings is 1. The molecule has 1 unspecified atom stereocenters. The van der Waals surface area contributed by atoms with Crippen molar-refractivity contribution in [1.29, 1.82) is 0 Å². The number of nitrogens with zero attached hydrogens (tertiary/aromatic N) is 1. The predicted octanol–water partition coefficient (Wildman–Crippen LogP) is 2.98. The number of hydrogen-bond donors (Lipinski definition) is 1. The second kappa shape index (κ2) is 8.56. The molecule has 0 saturated heterocycles. The molecule has 0 aliphatic rings. The first-order valence-corrected chi connectivity index (χ1v) is 9.06. The maximum atomic E-state index is 11.9. The molecule has 0 bridgehead atoms. The van der Waals surface area contributed by atoms with E-state index >= 15 is 0 Å². The first-order valence-electron chi connectivity index (χ1n) is 7.62. The molecule has 0 amide bonds. The summed E-state index contributed by atoms with van der Waals surface area (Å²) in [4.78, 5) is 0. The highest BCUT2D eigenvalue weighted by Crippen LogP contribution is 2.17. The van der Waals surface area contributed by atoms with Crippen LogP contribution in [0.3, 0.4) is 0 Å². The zero-order chi connectivity index (χ0) is 15.9. The Morgan fingerprint density at radius 2 is 1.95 bits per heavy atom. The molecule has 1 heterocycles. The molecule has 0 aromatic carbocycles. The maximum absolute atomic E-state index is 11.9. The van der Waals surface area contributed by atoms with Gasteiger partial charge in [0.25, 0.3) is 10.0 Å². The Hall–Kier alpha value is -0.850. The molecule has 1 aromatic heterocycles. The van der Waals surface area contributed by atoms with Crippen molar-refractivity contribution in [3.63, 3.8) is 0 Å². The average molecular weight is 316 g/mol. The van der Waals surface area contributed by atoms with Gasteiger partial charge in [0.2, 0.25) is 5.09 Å². The second-order valence-electron chi connectivity index (χ2n) is 5.64. The average Bonchev–Trinajstić information content (AvgIpc) is 2.90. The Kier molecular flexibility index (Phi) is 7.42. The van der Waals surface area contributed by atoms with E-state index in [4.69, 9.17) is 4.42 Å². The summed E-state index contributed by atoms with van der Waals surface area (Å²) in [6.45, 7) is 4.90. The minimum atomic E-state index is -3.48. The van der Waals surface area contributed by atoms with Gasteiger partial charge in [-0.2, -0.15) is 0 Å². The van der Waals surface area contributed by atoms with Gasteiger partial charge < -0.3 is 9.73 Å². The molecule has 6 heteroatoms. The second-order valence-corrected chi connectivity index (χ2v) is 7.72. The van der Waals surface area contributed by atoms with Crippen LogP contribution in [0.2, 0.25) is 0 Å². The monoisotopic (exact) mass is 316 g/mol. The van der Waals surface area contributed by atoms with E-state index in [0.717, 1.165) is 10.7 Å². The quantitative estimate of drug-likeness (QED) is 0.674. The highest BCUT2D eigenvalue weighted by molar-refractivity contribution is 7.88. The van der Waals surface area contributed by atoms with Crippen molar-refractivity contribution in [2.75, 3.05) is 14.1 Å². The fourth-order valence-electron chi connectivity index (χ4n) is 2.03. The number of nitrogens with one attached hydrogen (secondary N) is 1. The minimum absolute atomic E-state index is 0.0000937. The normalized spacial score (nSPS) is 13.8. The largest absolute Gasteiger partial charge is 0.447 e. The first kappa shape index (κ1) is 18.2. The molecule has 0 spiro atoms. The Balaban J connectivity index is 2.42. The van der Waals surface area contributed by atoms with E-state index in [9.17, 15) is 8.42 Å². The molecular formula is C15H28N2O3S. The van der Waals surface area contributed by atoms with Crippen molar-refractivity contribution >= 4 is 10.0 Å². The van der Waals surface area contributed by atoms with Gasteiger partial charge in [0.1, 0.15) is 5.76 Å². The van der Waals surface area contributed by atoms with E-state index in [1.165, 1.54) is 45.8 Å². The summed E-state index contributed by atoms with van der Waals surface area (Å²) in [5, 5.41) is 3.37. The van der Waals surface area contributed by atoms with E-state index in [1.54, 1.807) is 6.07 Å². The molecule has 1 N–H and O–H groups in total. The summed E-state index contributed by atoms with van der Waals surface area (Å²) in [6.07, 6.45) is 6.16. The molecule has 1 aromatic rings. The third-order valence-corrected chi connectivity index (χ3v) is 5.18.